The summed E-state index contributed by atoms with van der Waals surface area (Å²) < 4.78 is 10.7. The first-order valence-electron chi connectivity index (χ1n) is 6.65. The van der Waals surface area contributed by atoms with Crippen LogP contribution >= 0.6 is 11.6 Å². The van der Waals surface area contributed by atoms with Crippen molar-refractivity contribution in [3.8, 4) is 11.5 Å². The lowest BCUT2D eigenvalue weighted by molar-refractivity contribution is 0.174. The molecule has 0 fully saturated rings. The second-order valence-electron chi connectivity index (χ2n) is 4.74. The lowest BCUT2D eigenvalue weighted by Gasteiger charge is -2.06. The summed E-state index contributed by atoms with van der Waals surface area (Å²) in [6, 6.07) is 14.0. The third-order valence-corrected chi connectivity index (χ3v) is 3.52. The minimum atomic E-state index is 0.322. The van der Waals surface area contributed by atoms with Gasteiger partial charge in [0.2, 0.25) is 6.79 Å². The molecular weight excluding hydrogens is 274 g/mol. The van der Waals surface area contributed by atoms with Gasteiger partial charge in [0.1, 0.15) is 0 Å². The number of ether oxygens (including phenoxy) is 2. The summed E-state index contributed by atoms with van der Waals surface area (Å²) in [5, 5.41) is 4.21. The Morgan fingerprint density at radius 1 is 0.950 bits per heavy atom. The molecule has 1 aliphatic heterocycles. The normalized spacial score (nSPS) is 12.7. The van der Waals surface area contributed by atoms with Crippen LogP contribution in [0.1, 0.15) is 11.1 Å². The number of hydrogen-bond acceptors (Lipinski definition) is 3. The zero-order chi connectivity index (χ0) is 13.8. The molecule has 20 heavy (non-hydrogen) atoms. The first-order chi connectivity index (χ1) is 9.81. The van der Waals surface area contributed by atoms with E-state index in [1.807, 2.05) is 24.3 Å². The van der Waals surface area contributed by atoms with E-state index in [9.17, 15) is 0 Å². The lowest BCUT2D eigenvalue weighted by Crippen LogP contribution is -2.16. The topological polar surface area (TPSA) is 30.5 Å². The van der Waals surface area contributed by atoms with Crippen LogP contribution in [0, 0.1) is 0 Å². The van der Waals surface area contributed by atoms with Gasteiger partial charge in [0.05, 0.1) is 0 Å². The van der Waals surface area contributed by atoms with Crippen LogP contribution in [-0.4, -0.2) is 13.3 Å². The van der Waals surface area contributed by atoms with Gasteiger partial charge >= 0.3 is 0 Å². The molecule has 0 aromatic heterocycles. The summed E-state index contributed by atoms with van der Waals surface area (Å²) in [4.78, 5) is 0. The molecule has 2 aromatic rings. The summed E-state index contributed by atoms with van der Waals surface area (Å²) in [7, 11) is 0. The van der Waals surface area contributed by atoms with Gasteiger partial charge in [-0.25, -0.2) is 0 Å². The van der Waals surface area contributed by atoms with E-state index < -0.39 is 0 Å². The van der Waals surface area contributed by atoms with Crippen molar-refractivity contribution in [2.24, 2.45) is 0 Å². The van der Waals surface area contributed by atoms with Crippen LogP contribution in [0.5, 0.6) is 11.5 Å². The third-order valence-electron chi connectivity index (χ3n) is 3.27. The van der Waals surface area contributed by atoms with Crippen LogP contribution in [-0.2, 0) is 13.0 Å². The van der Waals surface area contributed by atoms with Crippen LogP contribution in [0.2, 0.25) is 5.02 Å². The number of nitrogens with one attached hydrogen (secondary N) is 1. The summed E-state index contributed by atoms with van der Waals surface area (Å²) in [6.07, 6.45) is 0.988. The van der Waals surface area contributed by atoms with Crippen LogP contribution in [0.4, 0.5) is 0 Å². The molecule has 3 nitrogen and oxygen atoms in total. The summed E-state index contributed by atoms with van der Waals surface area (Å²) in [5.74, 6) is 1.66. The maximum absolute atomic E-state index is 5.86. The number of benzene rings is 2. The van der Waals surface area contributed by atoms with Gasteiger partial charge in [-0.1, -0.05) is 29.8 Å². The van der Waals surface area contributed by atoms with Crippen molar-refractivity contribution in [1.29, 1.82) is 0 Å². The van der Waals surface area contributed by atoms with Crippen molar-refractivity contribution < 1.29 is 9.47 Å². The van der Waals surface area contributed by atoms with Crippen molar-refractivity contribution in [2.45, 2.75) is 13.0 Å². The number of hydrogen-bond donors (Lipinski definition) is 1. The smallest absolute Gasteiger partial charge is 0.231 e. The van der Waals surface area contributed by atoms with Gasteiger partial charge in [-0.15, -0.1) is 0 Å². The third kappa shape index (κ3) is 3.24. The second kappa shape index (κ2) is 6.16. The molecule has 0 unspecified atom stereocenters. The zero-order valence-corrected chi connectivity index (χ0v) is 11.8. The van der Waals surface area contributed by atoms with Crippen molar-refractivity contribution in [1.82, 2.24) is 5.32 Å². The van der Waals surface area contributed by atoms with Crippen LogP contribution in [0.15, 0.2) is 42.5 Å². The minimum Gasteiger partial charge on any atom is -0.454 e. The van der Waals surface area contributed by atoms with Gasteiger partial charge in [-0.05, 0) is 48.4 Å². The maximum atomic E-state index is 5.86. The highest BCUT2D eigenvalue weighted by atomic mass is 35.5. The van der Waals surface area contributed by atoms with Gasteiger partial charge in [0, 0.05) is 11.6 Å². The Kier molecular flexibility index (Phi) is 4.09. The molecule has 3 rings (SSSR count). The zero-order valence-electron chi connectivity index (χ0n) is 11.1. The Labute approximate surface area is 123 Å². The van der Waals surface area contributed by atoms with Gasteiger partial charge in [0.25, 0.3) is 0 Å². The van der Waals surface area contributed by atoms with E-state index >= 15 is 0 Å². The fraction of sp³-hybridized carbons (Fsp3) is 0.250. The monoisotopic (exact) mass is 289 g/mol. The fourth-order valence-corrected chi connectivity index (χ4v) is 2.29. The molecule has 0 bridgehead atoms. The molecule has 0 aliphatic carbocycles. The standard InChI is InChI=1S/C16H16ClNO2/c17-14-4-1-12(2-5-14)7-8-18-10-13-3-6-15-16(9-13)20-11-19-15/h1-6,9,18H,7-8,10-11H2. The van der Waals surface area contributed by atoms with E-state index in [0.29, 0.717) is 6.79 Å². The second-order valence-corrected chi connectivity index (χ2v) is 5.18. The predicted molar refractivity (Wildman–Crippen MR) is 79.4 cm³/mol. The van der Waals surface area contributed by atoms with Crippen molar-refractivity contribution in [3.63, 3.8) is 0 Å². The van der Waals surface area contributed by atoms with Gasteiger partial charge in [-0.2, -0.15) is 0 Å². The molecule has 2 aromatic carbocycles. The minimum absolute atomic E-state index is 0.322. The summed E-state index contributed by atoms with van der Waals surface area (Å²) >= 11 is 5.86. The quantitative estimate of drug-likeness (QED) is 0.856. The van der Waals surface area contributed by atoms with E-state index in [1.165, 1.54) is 11.1 Å². The Balaban J connectivity index is 1.47. The highest BCUT2D eigenvalue weighted by Crippen LogP contribution is 2.32. The van der Waals surface area contributed by atoms with Crippen LogP contribution < -0.4 is 14.8 Å². The van der Waals surface area contributed by atoms with Gasteiger partial charge in [-0.3, -0.25) is 0 Å². The summed E-state index contributed by atoms with van der Waals surface area (Å²) in [6.45, 7) is 2.07. The molecule has 0 amide bonds. The molecule has 104 valence electrons. The number of rotatable bonds is 5. The van der Waals surface area contributed by atoms with Crippen molar-refractivity contribution in [3.05, 3.63) is 58.6 Å². The SMILES string of the molecule is Clc1ccc(CCNCc2ccc3c(c2)OCO3)cc1. The van der Waals surface area contributed by atoms with E-state index in [-0.39, 0.29) is 0 Å². The van der Waals surface area contributed by atoms with Gasteiger partial charge < -0.3 is 14.8 Å². The molecule has 1 heterocycles. The molecular formula is C16H16ClNO2. The molecule has 0 atom stereocenters. The molecule has 0 saturated heterocycles. The highest BCUT2D eigenvalue weighted by molar-refractivity contribution is 6.30. The molecule has 1 aliphatic rings. The Bertz CT molecular complexity index is 584. The molecule has 0 radical (unpaired) electrons. The predicted octanol–water partition coefficient (Wildman–Crippen LogP) is 3.40. The molecule has 1 N–H and O–H groups in total. The Morgan fingerprint density at radius 3 is 2.55 bits per heavy atom. The first-order valence-corrected chi connectivity index (χ1v) is 7.03. The Morgan fingerprint density at radius 2 is 1.70 bits per heavy atom. The highest BCUT2D eigenvalue weighted by Gasteiger charge is 2.12. The first kappa shape index (κ1) is 13.3. The van der Waals surface area contributed by atoms with Crippen molar-refractivity contribution in [2.75, 3.05) is 13.3 Å². The molecule has 0 spiro atoms. The van der Waals surface area contributed by atoms with E-state index in [4.69, 9.17) is 21.1 Å². The Hall–Kier alpha value is -1.71. The largest absolute Gasteiger partial charge is 0.454 e. The number of halogens is 1. The lowest BCUT2D eigenvalue weighted by atomic mass is 10.1. The van der Waals surface area contributed by atoms with Crippen molar-refractivity contribution >= 4 is 11.6 Å². The average Bonchev–Trinajstić information content (AvgIpc) is 2.93. The van der Waals surface area contributed by atoms with Crippen LogP contribution in [0.25, 0.3) is 0 Å². The molecule has 0 saturated carbocycles. The van der Waals surface area contributed by atoms with E-state index in [0.717, 1.165) is 36.0 Å². The average molecular weight is 290 g/mol. The summed E-state index contributed by atoms with van der Waals surface area (Å²) in [5.41, 5.74) is 2.48. The number of fused-ring (bicyclic) bond motifs is 1. The molecule has 4 heteroatoms. The van der Waals surface area contributed by atoms with Crippen LogP contribution in [0.3, 0.4) is 0 Å². The van der Waals surface area contributed by atoms with E-state index in [2.05, 4.69) is 23.5 Å². The van der Waals surface area contributed by atoms with E-state index in [1.54, 1.807) is 0 Å². The van der Waals surface area contributed by atoms with Gasteiger partial charge in [0.15, 0.2) is 11.5 Å². The maximum Gasteiger partial charge on any atom is 0.231 e. The fourth-order valence-electron chi connectivity index (χ4n) is 2.17.